The van der Waals surface area contributed by atoms with Crippen LogP contribution in [0.25, 0.3) is 0 Å². The van der Waals surface area contributed by atoms with Crippen molar-refractivity contribution in [2.75, 3.05) is 20.8 Å². The van der Waals surface area contributed by atoms with Crippen LogP contribution in [0.15, 0.2) is 47.6 Å². The summed E-state index contributed by atoms with van der Waals surface area (Å²) in [5.74, 6) is 2.04. The third kappa shape index (κ3) is 4.00. The number of fused-ring (bicyclic) bond motifs is 1. The number of amides is 1. The maximum Gasteiger partial charge on any atom is 0.284 e. The number of hydrazone groups is 1. The lowest BCUT2D eigenvalue weighted by molar-refractivity contribution is -0.130. The summed E-state index contributed by atoms with van der Waals surface area (Å²) >= 11 is 0. The standard InChI is InChI=1S/C18H18N2O5/c1-22-13-7-12(8-14(9-13)23-2)10-19-20-18(21)17-11-24-15-5-3-4-6-16(15)25-17/h3-10,17H,11H2,1-2H3,(H,20,21)/b19-10-/t17-/m0/s1. The zero-order chi connectivity index (χ0) is 17.6. The van der Waals surface area contributed by atoms with Gasteiger partial charge in [-0.1, -0.05) is 12.1 Å². The lowest BCUT2D eigenvalue weighted by Gasteiger charge is -2.24. The van der Waals surface area contributed by atoms with Crippen LogP contribution in [0.2, 0.25) is 0 Å². The van der Waals surface area contributed by atoms with Gasteiger partial charge >= 0.3 is 0 Å². The van der Waals surface area contributed by atoms with Gasteiger partial charge in [0.2, 0.25) is 6.10 Å². The van der Waals surface area contributed by atoms with Crippen molar-refractivity contribution in [1.82, 2.24) is 5.43 Å². The third-order valence-electron chi connectivity index (χ3n) is 3.56. The molecule has 0 radical (unpaired) electrons. The molecule has 7 heteroatoms. The number of nitrogens with one attached hydrogen (secondary N) is 1. The Kier molecular flexibility index (Phi) is 5.03. The second-order valence-corrected chi connectivity index (χ2v) is 5.24. The number of methoxy groups -OCH3 is 2. The predicted octanol–water partition coefficient (Wildman–Crippen LogP) is 1.99. The minimum Gasteiger partial charge on any atom is -0.497 e. The highest BCUT2D eigenvalue weighted by Gasteiger charge is 2.26. The molecule has 0 unspecified atom stereocenters. The highest BCUT2D eigenvalue weighted by Crippen LogP contribution is 2.30. The van der Waals surface area contributed by atoms with E-state index in [4.69, 9.17) is 18.9 Å². The van der Waals surface area contributed by atoms with E-state index in [0.29, 0.717) is 23.0 Å². The van der Waals surface area contributed by atoms with E-state index in [2.05, 4.69) is 10.5 Å². The van der Waals surface area contributed by atoms with E-state index in [1.54, 1.807) is 44.6 Å². The van der Waals surface area contributed by atoms with Gasteiger partial charge in [-0.15, -0.1) is 0 Å². The number of para-hydroxylation sites is 2. The summed E-state index contributed by atoms with van der Waals surface area (Å²) in [7, 11) is 3.13. The average Bonchev–Trinajstić information content (AvgIpc) is 2.67. The molecule has 0 bridgehead atoms. The minimum absolute atomic E-state index is 0.130. The first-order valence-corrected chi connectivity index (χ1v) is 7.64. The SMILES string of the molecule is COc1cc(/C=N\NC(=O)[C@@H]2COc3ccccc3O2)cc(OC)c1. The topological polar surface area (TPSA) is 78.4 Å². The lowest BCUT2D eigenvalue weighted by Crippen LogP contribution is -2.42. The predicted molar refractivity (Wildman–Crippen MR) is 91.6 cm³/mol. The van der Waals surface area contributed by atoms with E-state index in [-0.39, 0.29) is 12.5 Å². The van der Waals surface area contributed by atoms with Gasteiger partial charge in [0.25, 0.3) is 5.91 Å². The van der Waals surface area contributed by atoms with E-state index < -0.39 is 6.10 Å². The first-order valence-electron chi connectivity index (χ1n) is 7.64. The van der Waals surface area contributed by atoms with Crippen LogP contribution < -0.4 is 24.4 Å². The largest absolute Gasteiger partial charge is 0.497 e. The minimum atomic E-state index is -0.758. The maximum atomic E-state index is 12.2. The van der Waals surface area contributed by atoms with Crippen LogP contribution in [0, 0.1) is 0 Å². The van der Waals surface area contributed by atoms with Crippen LogP contribution in [0.1, 0.15) is 5.56 Å². The molecule has 1 atom stereocenters. The van der Waals surface area contributed by atoms with Crippen molar-refractivity contribution in [2.45, 2.75) is 6.10 Å². The number of rotatable bonds is 5. The number of ether oxygens (including phenoxy) is 4. The Labute approximate surface area is 145 Å². The van der Waals surface area contributed by atoms with Gasteiger partial charge in [0.1, 0.15) is 18.1 Å². The number of carbonyl (C=O) groups is 1. The number of benzene rings is 2. The van der Waals surface area contributed by atoms with Crippen molar-refractivity contribution < 1.29 is 23.7 Å². The molecule has 1 aliphatic heterocycles. The van der Waals surface area contributed by atoms with Crippen LogP contribution in [0.5, 0.6) is 23.0 Å². The Morgan fingerprint density at radius 3 is 2.52 bits per heavy atom. The molecule has 1 N–H and O–H groups in total. The summed E-state index contributed by atoms with van der Waals surface area (Å²) in [6.45, 7) is 0.130. The van der Waals surface area contributed by atoms with E-state index in [9.17, 15) is 4.79 Å². The van der Waals surface area contributed by atoms with Gasteiger partial charge in [-0.25, -0.2) is 5.43 Å². The van der Waals surface area contributed by atoms with Gasteiger partial charge in [-0.3, -0.25) is 4.79 Å². The summed E-state index contributed by atoms with van der Waals surface area (Å²) < 4.78 is 21.5. The quantitative estimate of drug-likeness (QED) is 0.664. The molecule has 1 heterocycles. The van der Waals surface area contributed by atoms with E-state index >= 15 is 0 Å². The van der Waals surface area contributed by atoms with E-state index in [1.165, 1.54) is 6.21 Å². The summed E-state index contributed by atoms with van der Waals surface area (Å²) in [5.41, 5.74) is 3.18. The van der Waals surface area contributed by atoms with Crippen molar-refractivity contribution in [3.63, 3.8) is 0 Å². The van der Waals surface area contributed by atoms with Gasteiger partial charge in [0.05, 0.1) is 20.4 Å². The van der Waals surface area contributed by atoms with Crippen molar-refractivity contribution in [1.29, 1.82) is 0 Å². The molecule has 7 nitrogen and oxygen atoms in total. The molecular formula is C18H18N2O5. The zero-order valence-electron chi connectivity index (χ0n) is 13.9. The molecule has 0 saturated carbocycles. The highest BCUT2D eigenvalue weighted by molar-refractivity contribution is 5.85. The maximum absolute atomic E-state index is 12.2. The second kappa shape index (κ2) is 7.57. The number of nitrogens with zero attached hydrogens (tertiary/aromatic N) is 1. The second-order valence-electron chi connectivity index (χ2n) is 5.24. The van der Waals surface area contributed by atoms with Crippen LogP contribution in [-0.2, 0) is 4.79 Å². The van der Waals surface area contributed by atoms with Crippen molar-refractivity contribution in [3.05, 3.63) is 48.0 Å². The Bertz CT molecular complexity index is 769. The molecule has 0 aliphatic carbocycles. The first-order chi connectivity index (χ1) is 12.2. The van der Waals surface area contributed by atoms with E-state index in [1.807, 2.05) is 12.1 Å². The van der Waals surface area contributed by atoms with Crippen molar-refractivity contribution in [3.8, 4) is 23.0 Å². The molecule has 0 saturated heterocycles. The van der Waals surface area contributed by atoms with Gasteiger partial charge in [-0.2, -0.15) is 5.10 Å². The zero-order valence-corrected chi connectivity index (χ0v) is 13.9. The molecule has 3 rings (SSSR count). The summed E-state index contributed by atoms with van der Waals surface area (Å²) in [6, 6.07) is 12.5. The fourth-order valence-corrected chi connectivity index (χ4v) is 2.30. The fraction of sp³-hybridized carbons (Fsp3) is 0.222. The average molecular weight is 342 g/mol. The molecule has 2 aromatic rings. The molecule has 1 amide bonds. The van der Waals surface area contributed by atoms with Crippen LogP contribution >= 0.6 is 0 Å². The summed E-state index contributed by atoms with van der Waals surface area (Å²) in [5, 5.41) is 3.95. The lowest BCUT2D eigenvalue weighted by atomic mass is 10.2. The number of carbonyl (C=O) groups excluding carboxylic acids is 1. The molecule has 130 valence electrons. The number of hydrogen-bond donors (Lipinski definition) is 1. The highest BCUT2D eigenvalue weighted by atomic mass is 16.6. The normalized spacial score (nSPS) is 15.7. The monoisotopic (exact) mass is 342 g/mol. The van der Waals surface area contributed by atoms with E-state index in [0.717, 1.165) is 5.56 Å². The molecule has 25 heavy (non-hydrogen) atoms. The fourth-order valence-electron chi connectivity index (χ4n) is 2.30. The van der Waals surface area contributed by atoms with Gasteiger partial charge in [0.15, 0.2) is 11.5 Å². The summed E-state index contributed by atoms with van der Waals surface area (Å²) in [4.78, 5) is 12.2. The Morgan fingerprint density at radius 2 is 1.84 bits per heavy atom. The molecular weight excluding hydrogens is 324 g/mol. The molecule has 1 aliphatic rings. The summed E-state index contributed by atoms with van der Waals surface area (Å²) in [6.07, 6.45) is 0.743. The molecule has 0 fully saturated rings. The van der Waals surface area contributed by atoms with Crippen LogP contribution in [0.4, 0.5) is 0 Å². The van der Waals surface area contributed by atoms with Crippen LogP contribution in [-0.4, -0.2) is 39.1 Å². The smallest absolute Gasteiger partial charge is 0.284 e. The Morgan fingerprint density at radius 1 is 1.16 bits per heavy atom. The van der Waals surface area contributed by atoms with Crippen molar-refractivity contribution in [2.24, 2.45) is 5.10 Å². The Balaban J connectivity index is 1.62. The van der Waals surface area contributed by atoms with Gasteiger partial charge in [0, 0.05) is 11.6 Å². The van der Waals surface area contributed by atoms with Crippen molar-refractivity contribution >= 4 is 12.1 Å². The molecule has 2 aromatic carbocycles. The third-order valence-corrected chi connectivity index (χ3v) is 3.56. The number of hydrogen-bond acceptors (Lipinski definition) is 6. The van der Waals surface area contributed by atoms with Gasteiger partial charge < -0.3 is 18.9 Å². The first kappa shape index (κ1) is 16.6. The van der Waals surface area contributed by atoms with Gasteiger partial charge in [-0.05, 0) is 24.3 Å². The molecule has 0 spiro atoms. The molecule has 0 aromatic heterocycles. The van der Waals surface area contributed by atoms with Crippen LogP contribution in [0.3, 0.4) is 0 Å². The Hall–Kier alpha value is -3.22.